The van der Waals surface area contributed by atoms with E-state index < -0.39 is 5.60 Å². The zero-order valence-electron chi connectivity index (χ0n) is 13.3. The molecule has 1 unspecified atom stereocenters. The highest BCUT2D eigenvalue weighted by Crippen LogP contribution is 2.36. The number of aliphatic hydroxyl groups is 1. The first-order valence-corrected chi connectivity index (χ1v) is 8.72. The lowest BCUT2D eigenvalue weighted by molar-refractivity contribution is 0.0921. The molecule has 0 heterocycles. The van der Waals surface area contributed by atoms with Gasteiger partial charge < -0.3 is 5.11 Å². The Morgan fingerprint density at radius 2 is 1.57 bits per heavy atom. The Bertz CT molecular complexity index is 525. The highest BCUT2D eigenvalue weighted by atomic mass is 16.3. The number of allylic oxidation sites excluding steroid dienone is 1. The van der Waals surface area contributed by atoms with Crippen molar-refractivity contribution in [3.63, 3.8) is 0 Å². The van der Waals surface area contributed by atoms with Crippen molar-refractivity contribution >= 4 is 0 Å². The van der Waals surface area contributed by atoms with Crippen LogP contribution in [0.3, 0.4) is 0 Å². The summed E-state index contributed by atoms with van der Waals surface area (Å²) in [5, 5.41) is 11.2. The van der Waals surface area contributed by atoms with Gasteiger partial charge in [0.05, 0.1) is 0 Å². The maximum absolute atomic E-state index is 11.2. The largest absolute Gasteiger partial charge is 0.381 e. The fraction of sp³-hybridized carbons (Fsp3) is 0.600. The molecule has 1 nitrogen and oxygen atoms in total. The van der Waals surface area contributed by atoms with Gasteiger partial charge in [0.15, 0.2) is 0 Å². The summed E-state index contributed by atoms with van der Waals surface area (Å²) in [6.07, 6.45) is 14.6. The summed E-state index contributed by atoms with van der Waals surface area (Å²) in [5.41, 5.74) is 4.50. The minimum absolute atomic E-state index is 0.788. The van der Waals surface area contributed by atoms with Crippen LogP contribution in [0.4, 0.5) is 0 Å². The van der Waals surface area contributed by atoms with Crippen molar-refractivity contribution in [3.05, 3.63) is 46.5 Å². The van der Waals surface area contributed by atoms with Gasteiger partial charge in [-0.1, -0.05) is 37.1 Å². The Morgan fingerprint density at radius 1 is 0.857 bits per heavy atom. The molecule has 0 bridgehead atoms. The first-order valence-electron chi connectivity index (χ1n) is 8.72. The third-order valence-corrected chi connectivity index (χ3v) is 5.33. The molecule has 3 rings (SSSR count). The standard InChI is InChI=1S/C20H28O/c1-20(21,18-11-5-3-2-4-6-12-18)19-14-13-16-9-7-8-10-17(16)15-19/h11,13-15,21H,2-10,12H2,1H3/b18-11+. The van der Waals surface area contributed by atoms with Gasteiger partial charge in [0.1, 0.15) is 5.60 Å². The summed E-state index contributed by atoms with van der Waals surface area (Å²) in [6.45, 7) is 1.99. The average molecular weight is 284 g/mol. The lowest BCUT2D eigenvalue weighted by Gasteiger charge is -2.30. The van der Waals surface area contributed by atoms with Crippen LogP contribution in [0.1, 0.15) is 75.0 Å². The molecular formula is C20H28O. The van der Waals surface area contributed by atoms with Crippen molar-refractivity contribution < 1.29 is 5.11 Å². The Balaban J connectivity index is 1.89. The Kier molecular flexibility index (Phi) is 4.49. The van der Waals surface area contributed by atoms with Gasteiger partial charge in [0, 0.05) is 0 Å². The van der Waals surface area contributed by atoms with Gasteiger partial charge in [0.25, 0.3) is 0 Å². The number of hydrogen-bond acceptors (Lipinski definition) is 1. The van der Waals surface area contributed by atoms with E-state index >= 15 is 0 Å². The predicted octanol–water partition coefficient (Wildman–Crippen LogP) is 5.05. The van der Waals surface area contributed by atoms with Crippen molar-refractivity contribution in [1.29, 1.82) is 0 Å². The van der Waals surface area contributed by atoms with Crippen LogP contribution in [0.2, 0.25) is 0 Å². The van der Waals surface area contributed by atoms with E-state index in [1.165, 1.54) is 68.1 Å². The summed E-state index contributed by atoms with van der Waals surface area (Å²) in [6, 6.07) is 6.68. The second-order valence-electron chi connectivity index (χ2n) is 6.95. The first-order chi connectivity index (χ1) is 10.2. The highest BCUT2D eigenvalue weighted by Gasteiger charge is 2.28. The van der Waals surface area contributed by atoms with Crippen LogP contribution in [0.5, 0.6) is 0 Å². The SMILES string of the molecule is CC(O)(/C1=C/CCCCCC1)c1ccc2c(c1)CCCC2. The molecule has 1 atom stereocenters. The number of fused-ring (bicyclic) bond motifs is 1. The second kappa shape index (κ2) is 6.36. The molecule has 1 aromatic carbocycles. The molecule has 0 saturated carbocycles. The molecule has 0 radical (unpaired) electrons. The van der Waals surface area contributed by atoms with Crippen LogP contribution in [0.25, 0.3) is 0 Å². The van der Waals surface area contributed by atoms with Crippen LogP contribution in [-0.2, 0) is 18.4 Å². The number of aryl methyl sites for hydroxylation is 2. The molecule has 1 heteroatoms. The van der Waals surface area contributed by atoms with E-state index in [4.69, 9.17) is 0 Å². The van der Waals surface area contributed by atoms with Gasteiger partial charge in [0.2, 0.25) is 0 Å². The smallest absolute Gasteiger partial charge is 0.108 e. The molecule has 21 heavy (non-hydrogen) atoms. The summed E-state index contributed by atoms with van der Waals surface area (Å²) in [4.78, 5) is 0. The lowest BCUT2D eigenvalue weighted by atomic mass is 9.80. The Hall–Kier alpha value is -1.08. The van der Waals surface area contributed by atoms with Gasteiger partial charge in [-0.05, 0) is 80.6 Å². The van der Waals surface area contributed by atoms with Crippen LogP contribution in [0.15, 0.2) is 29.8 Å². The fourth-order valence-electron chi connectivity index (χ4n) is 3.86. The predicted molar refractivity (Wildman–Crippen MR) is 88.4 cm³/mol. The molecule has 2 aliphatic rings. The topological polar surface area (TPSA) is 20.2 Å². The van der Waals surface area contributed by atoms with Crippen molar-refractivity contribution in [2.24, 2.45) is 0 Å². The maximum atomic E-state index is 11.2. The monoisotopic (exact) mass is 284 g/mol. The molecule has 1 N–H and O–H groups in total. The Morgan fingerprint density at radius 3 is 2.43 bits per heavy atom. The van der Waals surface area contributed by atoms with Crippen molar-refractivity contribution in [1.82, 2.24) is 0 Å². The second-order valence-corrected chi connectivity index (χ2v) is 6.95. The van der Waals surface area contributed by atoms with Gasteiger partial charge in [-0.3, -0.25) is 0 Å². The molecule has 0 aliphatic heterocycles. The molecule has 0 saturated heterocycles. The Labute approximate surface area is 129 Å². The van der Waals surface area contributed by atoms with E-state index in [9.17, 15) is 5.11 Å². The molecule has 1 aromatic rings. The van der Waals surface area contributed by atoms with Gasteiger partial charge in [-0.15, -0.1) is 0 Å². The van der Waals surface area contributed by atoms with Crippen LogP contribution < -0.4 is 0 Å². The quantitative estimate of drug-likeness (QED) is 0.753. The summed E-state index contributed by atoms with van der Waals surface area (Å²) in [5.74, 6) is 0. The van der Waals surface area contributed by atoms with E-state index in [1.54, 1.807) is 0 Å². The minimum atomic E-state index is -0.788. The zero-order valence-corrected chi connectivity index (χ0v) is 13.3. The lowest BCUT2D eigenvalue weighted by Crippen LogP contribution is -2.25. The van der Waals surface area contributed by atoms with Gasteiger partial charge >= 0.3 is 0 Å². The molecule has 114 valence electrons. The van der Waals surface area contributed by atoms with Crippen LogP contribution >= 0.6 is 0 Å². The van der Waals surface area contributed by atoms with Gasteiger partial charge in [-0.25, -0.2) is 0 Å². The summed E-state index contributed by atoms with van der Waals surface area (Å²) in [7, 11) is 0. The molecule has 0 fully saturated rings. The van der Waals surface area contributed by atoms with Crippen molar-refractivity contribution in [3.8, 4) is 0 Å². The highest BCUT2D eigenvalue weighted by molar-refractivity contribution is 5.40. The molecule has 0 amide bonds. The van der Waals surface area contributed by atoms with Crippen molar-refractivity contribution in [2.45, 2.75) is 76.7 Å². The summed E-state index contributed by atoms with van der Waals surface area (Å²) >= 11 is 0. The summed E-state index contributed by atoms with van der Waals surface area (Å²) < 4.78 is 0. The number of benzene rings is 1. The number of hydrogen-bond donors (Lipinski definition) is 1. The van der Waals surface area contributed by atoms with Gasteiger partial charge in [-0.2, -0.15) is 0 Å². The van der Waals surface area contributed by atoms with E-state index in [0.717, 1.165) is 18.4 Å². The van der Waals surface area contributed by atoms with Crippen molar-refractivity contribution in [2.75, 3.05) is 0 Å². The van der Waals surface area contributed by atoms with Crippen LogP contribution in [0, 0.1) is 0 Å². The van der Waals surface area contributed by atoms with E-state index in [1.807, 2.05) is 6.92 Å². The van der Waals surface area contributed by atoms with E-state index in [2.05, 4.69) is 24.3 Å². The molecular weight excluding hydrogens is 256 g/mol. The molecule has 2 aliphatic carbocycles. The fourth-order valence-corrected chi connectivity index (χ4v) is 3.86. The third kappa shape index (κ3) is 3.23. The first kappa shape index (κ1) is 14.8. The molecule has 0 spiro atoms. The number of rotatable bonds is 2. The average Bonchev–Trinajstić information content (AvgIpc) is 2.46. The van der Waals surface area contributed by atoms with E-state index in [-0.39, 0.29) is 0 Å². The normalized spacial score (nSPS) is 25.0. The third-order valence-electron chi connectivity index (χ3n) is 5.33. The zero-order chi connectivity index (χ0) is 14.7. The van der Waals surface area contributed by atoms with Crippen LogP contribution in [-0.4, -0.2) is 5.11 Å². The van der Waals surface area contributed by atoms with E-state index in [0.29, 0.717) is 0 Å². The maximum Gasteiger partial charge on any atom is 0.108 e. The molecule has 0 aromatic heterocycles. The minimum Gasteiger partial charge on any atom is -0.381 e.